The molecule has 49 heavy (non-hydrogen) atoms. The lowest BCUT2D eigenvalue weighted by molar-refractivity contribution is -0.150. The molecule has 0 aliphatic rings. The van der Waals surface area contributed by atoms with Crippen LogP contribution in [0.2, 0.25) is 0 Å². The standard InChI is InChI=1S/C41H78N2O5S/c1-6-9-12-15-18-21-27-36-47-39(44)31-25-22-26-33-43(41(46)49-37-35-42(4)5)34-28-32-40(45)48-38(29-23-19-16-13-10-7-2)30-24-20-17-14-11-8-3/h21,27,38H,6-20,22-26,28-37H2,1-5H3/b27-21-. The molecule has 0 radical (unpaired) electrons. The van der Waals surface area contributed by atoms with Crippen molar-refractivity contribution in [2.45, 2.75) is 187 Å². The molecule has 0 saturated carbocycles. The number of hydrogen-bond donors (Lipinski definition) is 0. The van der Waals surface area contributed by atoms with Crippen LogP contribution in [0.3, 0.4) is 0 Å². The van der Waals surface area contributed by atoms with Crippen LogP contribution in [0.5, 0.6) is 0 Å². The second-order valence-electron chi connectivity index (χ2n) is 14.0. The molecule has 0 saturated heterocycles. The van der Waals surface area contributed by atoms with Crippen molar-refractivity contribution in [2.24, 2.45) is 0 Å². The highest BCUT2D eigenvalue weighted by Gasteiger charge is 2.17. The van der Waals surface area contributed by atoms with Crippen molar-refractivity contribution in [3.05, 3.63) is 12.2 Å². The molecule has 0 bridgehead atoms. The molecule has 0 unspecified atom stereocenters. The smallest absolute Gasteiger partial charge is 0.306 e. The van der Waals surface area contributed by atoms with Crippen LogP contribution in [0.4, 0.5) is 4.79 Å². The molecule has 0 spiro atoms. The van der Waals surface area contributed by atoms with Crippen LogP contribution in [-0.4, -0.2) is 79.2 Å². The SMILES string of the molecule is CCCCCC/C=C\COC(=O)CCCCCN(CCCC(=O)OC(CCCCCCCC)CCCCCCCC)C(=O)SCCN(C)C. The number of hydrogen-bond acceptors (Lipinski definition) is 7. The molecule has 0 aromatic carbocycles. The van der Waals surface area contributed by atoms with Crippen LogP contribution < -0.4 is 0 Å². The first-order valence-corrected chi connectivity index (χ1v) is 21.4. The molecule has 0 fully saturated rings. The number of allylic oxidation sites excluding steroid dienone is 1. The first-order valence-electron chi connectivity index (χ1n) is 20.4. The Morgan fingerprint density at radius 2 is 1.12 bits per heavy atom. The minimum Gasteiger partial charge on any atom is -0.462 e. The van der Waals surface area contributed by atoms with E-state index in [1.807, 2.05) is 25.1 Å². The van der Waals surface area contributed by atoms with Crippen LogP contribution in [0.15, 0.2) is 12.2 Å². The van der Waals surface area contributed by atoms with Crippen molar-refractivity contribution in [3.8, 4) is 0 Å². The normalized spacial score (nSPS) is 11.6. The van der Waals surface area contributed by atoms with Crippen molar-refractivity contribution >= 4 is 28.9 Å². The molecule has 0 atom stereocenters. The third kappa shape index (κ3) is 33.4. The molecule has 0 aromatic heterocycles. The van der Waals surface area contributed by atoms with Crippen molar-refractivity contribution in [3.63, 3.8) is 0 Å². The van der Waals surface area contributed by atoms with Crippen LogP contribution in [0.25, 0.3) is 0 Å². The zero-order valence-electron chi connectivity index (χ0n) is 32.8. The number of ether oxygens (including phenoxy) is 2. The Balaban J connectivity index is 4.67. The van der Waals surface area contributed by atoms with E-state index in [2.05, 4.69) is 31.7 Å². The number of rotatable bonds is 35. The summed E-state index contributed by atoms with van der Waals surface area (Å²) in [7, 11) is 4.02. The second kappa shape index (κ2) is 36.3. The molecule has 8 heteroatoms. The van der Waals surface area contributed by atoms with E-state index in [1.165, 1.54) is 102 Å². The third-order valence-corrected chi connectivity index (χ3v) is 9.82. The Bertz CT molecular complexity index is 791. The van der Waals surface area contributed by atoms with Crippen LogP contribution in [-0.2, 0) is 19.1 Å². The second-order valence-corrected chi connectivity index (χ2v) is 15.1. The molecule has 0 aliphatic carbocycles. The molecular formula is C41H78N2O5S. The highest BCUT2D eigenvalue weighted by Crippen LogP contribution is 2.19. The Kier molecular flexibility index (Phi) is 35.1. The minimum absolute atomic E-state index is 0.0161. The van der Waals surface area contributed by atoms with Gasteiger partial charge in [0.1, 0.15) is 12.7 Å². The van der Waals surface area contributed by atoms with Gasteiger partial charge in [-0.3, -0.25) is 14.4 Å². The number of amides is 1. The molecule has 0 aromatic rings. The van der Waals surface area contributed by atoms with E-state index in [-0.39, 0.29) is 23.3 Å². The van der Waals surface area contributed by atoms with Crippen LogP contribution in [0.1, 0.15) is 181 Å². The summed E-state index contributed by atoms with van der Waals surface area (Å²) in [5.74, 6) is 0.453. The molecule has 0 rings (SSSR count). The van der Waals surface area contributed by atoms with Gasteiger partial charge >= 0.3 is 11.9 Å². The summed E-state index contributed by atoms with van der Waals surface area (Å²) in [6.07, 6.45) is 30.7. The van der Waals surface area contributed by atoms with Gasteiger partial charge < -0.3 is 19.3 Å². The summed E-state index contributed by atoms with van der Waals surface area (Å²) in [5.41, 5.74) is 0. The largest absolute Gasteiger partial charge is 0.462 e. The number of carbonyl (C=O) groups is 3. The molecule has 0 aliphatic heterocycles. The van der Waals surface area contributed by atoms with Gasteiger partial charge in [-0.05, 0) is 71.9 Å². The quantitative estimate of drug-likeness (QED) is 0.0368. The van der Waals surface area contributed by atoms with Gasteiger partial charge in [-0.2, -0.15) is 0 Å². The highest BCUT2D eigenvalue weighted by atomic mass is 32.2. The predicted molar refractivity (Wildman–Crippen MR) is 210 cm³/mol. The van der Waals surface area contributed by atoms with Crippen molar-refractivity contribution in [1.29, 1.82) is 0 Å². The number of carbonyl (C=O) groups excluding carboxylic acids is 3. The van der Waals surface area contributed by atoms with Crippen molar-refractivity contribution in [1.82, 2.24) is 9.80 Å². The maximum atomic E-state index is 13.1. The molecule has 0 heterocycles. The average molecular weight is 711 g/mol. The zero-order chi connectivity index (χ0) is 36.2. The minimum atomic E-state index is -0.160. The van der Waals surface area contributed by atoms with E-state index in [0.717, 1.165) is 63.7 Å². The number of thioether (sulfide) groups is 1. The van der Waals surface area contributed by atoms with Gasteiger partial charge in [0.25, 0.3) is 5.24 Å². The molecule has 1 amide bonds. The number of esters is 2. The van der Waals surface area contributed by atoms with Gasteiger partial charge in [0, 0.05) is 38.2 Å². The lowest BCUT2D eigenvalue weighted by atomic mass is 10.0. The fourth-order valence-corrected chi connectivity index (χ4v) is 6.76. The van der Waals surface area contributed by atoms with Gasteiger partial charge in [-0.1, -0.05) is 135 Å². The Hall–Kier alpha value is -1.54. The molecule has 0 N–H and O–H groups in total. The first-order chi connectivity index (χ1) is 23.8. The lowest BCUT2D eigenvalue weighted by Crippen LogP contribution is -2.31. The van der Waals surface area contributed by atoms with E-state index in [4.69, 9.17) is 9.47 Å². The Morgan fingerprint density at radius 1 is 0.592 bits per heavy atom. The van der Waals surface area contributed by atoms with Gasteiger partial charge in [0.2, 0.25) is 0 Å². The monoisotopic (exact) mass is 711 g/mol. The van der Waals surface area contributed by atoms with Crippen LogP contribution >= 0.6 is 11.8 Å². The lowest BCUT2D eigenvalue weighted by Gasteiger charge is -2.23. The fourth-order valence-electron chi connectivity index (χ4n) is 5.76. The van der Waals surface area contributed by atoms with E-state index in [9.17, 15) is 14.4 Å². The zero-order valence-corrected chi connectivity index (χ0v) is 33.6. The maximum absolute atomic E-state index is 13.1. The van der Waals surface area contributed by atoms with Crippen molar-refractivity contribution < 1.29 is 23.9 Å². The third-order valence-electron chi connectivity index (χ3n) is 8.93. The van der Waals surface area contributed by atoms with Gasteiger partial charge in [-0.15, -0.1) is 0 Å². The summed E-state index contributed by atoms with van der Waals surface area (Å²) in [6, 6.07) is 0. The van der Waals surface area contributed by atoms with Crippen LogP contribution in [0, 0.1) is 0 Å². The first kappa shape index (κ1) is 47.5. The molecule has 288 valence electrons. The molecular weight excluding hydrogens is 633 g/mol. The topological polar surface area (TPSA) is 76.1 Å². The fraction of sp³-hybridized carbons (Fsp3) is 0.878. The predicted octanol–water partition coefficient (Wildman–Crippen LogP) is 11.5. The average Bonchev–Trinajstić information content (AvgIpc) is 3.07. The van der Waals surface area contributed by atoms with E-state index < -0.39 is 0 Å². The van der Waals surface area contributed by atoms with Crippen molar-refractivity contribution in [2.75, 3.05) is 46.1 Å². The van der Waals surface area contributed by atoms with Gasteiger partial charge in [0.05, 0.1) is 0 Å². The Labute approximate surface area is 307 Å². The number of unbranched alkanes of at least 4 members (excludes halogenated alkanes) is 16. The molecule has 7 nitrogen and oxygen atoms in total. The van der Waals surface area contributed by atoms with E-state index in [1.54, 1.807) is 0 Å². The summed E-state index contributed by atoms with van der Waals surface area (Å²) >= 11 is 1.35. The highest BCUT2D eigenvalue weighted by molar-refractivity contribution is 8.13. The van der Waals surface area contributed by atoms with Gasteiger partial charge in [-0.25, -0.2) is 0 Å². The summed E-state index contributed by atoms with van der Waals surface area (Å²) < 4.78 is 11.4. The summed E-state index contributed by atoms with van der Waals surface area (Å²) in [5, 5.41) is 0.0696. The van der Waals surface area contributed by atoms with E-state index >= 15 is 0 Å². The maximum Gasteiger partial charge on any atom is 0.306 e. The van der Waals surface area contributed by atoms with E-state index in [0.29, 0.717) is 39.0 Å². The number of nitrogens with zero attached hydrogens (tertiary/aromatic N) is 2. The summed E-state index contributed by atoms with van der Waals surface area (Å²) in [4.78, 5) is 42.1. The Morgan fingerprint density at radius 3 is 1.73 bits per heavy atom. The van der Waals surface area contributed by atoms with Gasteiger partial charge in [0.15, 0.2) is 0 Å². The summed E-state index contributed by atoms with van der Waals surface area (Å²) in [6.45, 7) is 9.07.